The lowest BCUT2D eigenvalue weighted by Crippen LogP contribution is -2.39. The summed E-state index contributed by atoms with van der Waals surface area (Å²) in [6.45, 7) is 8.00. The molecule has 1 saturated heterocycles. The first-order valence-electron chi connectivity index (χ1n) is 7.93. The molecule has 0 bridgehead atoms. The highest BCUT2D eigenvalue weighted by molar-refractivity contribution is 5.76. The molecule has 0 aliphatic carbocycles. The Morgan fingerprint density at radius 2 is 2.25 bits per heavy atom. The van der Waals surface area contributed by atoms with Crippen molar-refractivity contribution >= 4 is 11.0 Å². The minimum absolute atomic E-state index is 0.378. The summed E-state index contributed by atoms with van der Waals surface area (Å²) in [6, 6.07) is 7.60. The molecular weight excluding hydrogens is 246 g/mol. The molecule has 3 rings (SSSR count). The molecule has 1 N–H and O–H groups in total. The Morgan fingerprint density at radius 3 is 3.00 bits per heavy atom. The topological polar surface area (TPSA) is 31.9 Å². The Kier molecular flexibility index (Phi) is 3.79. The van der Waals surface area contributed by atoms with Gasteiger partial charge in [0.15, 0.2) is 0 Å². The summed E-state index contributed by atoms with van der Waals surface area (Å²) in [5.74, 6) is 1.11. The van der Waals surface area contributed by atoms with E-state index in [9.17, 15) is 0 Å². The predicted octanol–water partition coefficient (Wildman–Crippen LogP) is 4.06. The summed E-state index contributed by atoms with van der Waals surface area (Å²) in [4.78, 5) is 10.9. The lowest BCUT2D eigenvalue weighted by Gasteiger charge is -2.37. The summed E-state index contributed by atoms with van der Waals surface area (Å²) in [7, 11) is 0. The Morgan fingerprint density at radius 1 is 1.40 bits per heavy atom. The van der Waals surface area contributed by atoms with Crippen LogP contribution in [0.15, 0.2) is 18.2 Å². The maximum Gasteiger partial charge on any atom is 0.124 e. The van der Waals surface area contributed by atoms with E-state index in [0.717, 1.165) is 17.8 Å². The number of hydrogen-bond acceptors (Lipinski definition) is 2. The second-order valence-corrected chi connectivity index (χ2v) is 6.09. The molecule has 0 amide bonds. The first-order chi connectivity index (χ1) is 9.69. The number of fused-ring (bicyclic) bond motifs is 1. The molecule has 1 aliphatic heterocycles. The van der Waals surface area contributed by atoms with Crippen LogP contribution in [0.4, 0.5) is 0 Å². The smallest absolute Gasteiger partial charge is 0.124 e. The number of hydrogen-bond donors (Lipinski definition) is 1. The molecule has 1 aromatic carbocycles. The van der Waals surface area contributed by atoms with Crippen LogP contribution >= 0.6 is 0 Å². The monoisotopic (exact) mass is 271 g/mol. The SMILES string of the molecule is CCc1ccc2nc(C(C)N3CCCCC3C)[nH]c2c1. The number of nitrogens with one attached hydrogen (secondary N) is 1. The van der Waals surface area contributed by atoms with E-state index in [4.69, 9.17) is 4.98 Å². The van der Waals surface area contributed by atoms with Gasteiger partial charge in [0, 0.05) is 6.04 Å². The summed E-state index contributed by atoms with van der Waals surface area (Å²) >= 11 is 0. The molecule has 2 unspecified atom stereocenters. The number of aromatic nitrogens is 2. The van der Waals surface area contributed by atoms with Crippen molar-refractivity contribution in [2.24, 2.45) is 0 Å². The van der Waals surface area contributed by atoms with Gasteiger partial charge < -0.3 is 4.98 Å². The Hall–Kier alpha value is -1.35. The van der Waals surface area contributed by atoms with E-state index in [1.807, 2.05) is 0 Å². The fraction of sp³-hybridized carbons (Fsp3) is 0.588. The molecule has 3 heteroatoms. The average Bonchev–Trinajstić information content (AvgIpc) is 2.89. The van der Waals surface area contributed by atoms with Crippen molar-refractivity contribution in [2.45, 2.75) is 58.5 Å². The van der Waals surface area contributed by atoms with Crippen LogP contribution in [-0.2, 0) is 6.42 Å². The van der Waals surface area contributed by atoms with Crippen molar-refractivity contribution in [1.82, 2.24) is 14.9 Å². The number of benzene rings is 1. The maximum absolute atomic E-state index is 4.80. The third-order valence-corrected chi connectivity index (χ3v) is 4.72. The summed E-state index contributed by atoms with van der Waals surface area (Å²) in [5, 5.41) is 0. The molecule has 20 heavy (non-hydrogen) atoms. The molecule has 1 fully saturated rings. The van der Waals surface area contributed by atoms with Gasteiger partial charge in [-0.25, -0.2) is 4.98 Å². The van der Waals surface area contributed by atoms with Gasteiger partial charge in [-0.05, 0) is 57.4 Å². The van der Waals surface area contributed by atoms with Gasteiger partial charge in [-0.2, -0.15) is 0 Å². The number of aryl methyl sites for hydroxylation is 1. The largest absolute Gasteiger partial charge is 0.341 e. The first-order valence-corrected chi connectivity index (χ1v) is 7.93. The highest BCUT2D eigenvalue weighted by atomic mass is 15.2. The van der Waals surface area contributed by atoms with Gasteiger partial charge in [0.05, 0.1) is 17.1 Å². The minimum Gasteiger partial charge on any atom is -0.341 e. The van der Waals surface area contributed by atoms with E-state index < -0.39 is 0 Å². The van der Waals surface area contributed by atoms with Crippen LogP contribution < -0.4 is 0 Å². The molecule has 2 atom stereocenters. The third-order valence-electron chi connectivity index (χ3n) is 4.72. The molecule has 1 aromatic heterocycles. The van der Waals surface area contributed by atoms with Crippen LogP contribution in [0, 0.1) is 0 Å². The van der Waals surface area contributed by atoms with Gasteiger partial charge in [-0.15, -0.1) is 0 Å². The molecule has 3 nitrogen and oxygen atoms in total. The predicted molar refractivity (Wildman–Crippen MR) is 83.9 cm³/mol. The number of aromatic amines is 1. The van der Waals surface area contributed by atoms with Crippen molar-refractivity contribution in [3.8, 4) is 0 Å². The zero-order valence-electron chi connectivity index (χ0n) is 12.8. The standard InChI is InChI=1S/C17H25N3/c1-4-14-8-9-15-16(11-14)19-17(18-15)13(3)20-10-6-5-7-12(20)2/h8-9,11-13H,4-7,10H2,1-3H3,(H,18,19). The zero-order valence-corrected chi connectivity index (χ0v) is 12.8. The molecule has 1 aliphatic rings. The van der Waals surface area contributed by atoms with E-state index in [2.05, 4.69) is 48.9 Å². The van der Waals surface area contributed by atoms with Crippen LogP contribution in [0.3, 0.4) is 0 Å². The number of nitrogens with zero attached hydrogens (tertiary/aromatic N) is 2. The van der Waals surface area contributed by atoms with Crippen molar-refractivity contribution in [2.75, 3.05) is 6.54 Å². The minimum atomic E-state index is 0.378. The van der Waals surface area contributed by atoms with Crippen LogP contribution in [0.2, 0.25) is 0 Å². The van der Waals surface area contributed by atoms with E-state index in [1.165, 1.54) is 36.9 Å². The fourth-order valence-electron chi connectivity index (χ4n) is 3.35. The Labute approximate surface area is 121 Å². The molecule has 0 radical (unpaired) electrons. The van der Waals surface area contributed by atoms with Gasteiger partial charge in [0.25, 0.3) is 0 Å². The number of likely N-dealkylation sites (tertiary alicyclic amines) is 1. The zero-order chi connectivity index (χ0) is 14.1. The molecule has 108 valence electrons. The van der Waals surface area contributed by atoms with Gasteiger partial charge in [-0.1, -0.05) is 19.4 Å². The summed E-state index contributed by atoms with van der Waals surface area (Å²) in [5.41, 5.74) is 3.64. The van der Waals surface area contributed by atoms with E-state index >= 15 is 0 Å². The highest BCUT2D eigenvalue weighted by Crippen LogP contribution is 2.28. The van der Waals surface area contributed by atoms with Crippen LogP contribution in [0.5, 0.6) is 0 Å². The number of rotatable bonds is 3. The van der Waals surface area contributed by atoms with Crippen molar-refractivity contribution in [3.63, 3.8) is 0 Å². The first kappa shape index (κ1) is 13.6. The summed E-state index contributed by atoms with van der Waals surface area (Å²) in [6.07, 6.45) is 5.06. The van der Waals surface area contributed by atoms with E-state index in [-0.39, 0.29) is 0 Å². The molecule has 2 heterocycles. The van der Waals surface area contributed by atoms with Crippen molar-refractivity contribution in [3.05, 3.63) is 29.6 Å². The number of piperidine rings is 1. The third kappa shape index (κ3) is 2.47. The van der Waals surface area contributed by atoms with Gasteiger partial charge in [0.2, 0.25) is 0 Å². The summed E-state index contributed by atoms with van der Waals surface area (Å²) < 4.78 is 0. The van der Waals surface area contributed by atoms with E-state index in [0.29, 0.717) is 12.1 Å². The van der Waals surface area contributed by atoms with E-state index in [1.54, 1.807) is 0 Å². The average molecular weight is 271 g/mol. The van der Waals surface area contributed by atoms with Gasteiger partial charge >= 0.3 is 0 Å². The second kappa shape index (κ2) is 5.57. The Balaban J connectivity index is 1.89. The maximum atomic E-state index is 4.80. The van der Waals surface area contributed by atoms with Crippen LogP contribution in [0.25, 0.3) is 11.0 Å². The van der Waals surface area contributed by atoms with Crippen LogP contribution in [0.1, 0.15) is 57.5 Å². The number of imidazole rings is 1. The quantitative estimate of drug-likeness (QED) is 0.913. The molecule has 0 spiro atoms. The highest BCUT2D eigenvalue weighted by Gasteiger charge is 2.25. The van der Waals surface area contributed by atoms with Gasteiger partial charge in [-0.3, -0.25) is 4.90 Å². The normalized spacial score (nSPS) is 22.2. The Bertz CT molecular complexity index is 587. The lowest BCUT2D eigenvalue weighted by molar-refractivity contribution is 0.110. The molecular formula is C17H25N3. The van der Waals surface area contributed by atoms with Crippen LogP contribution in [-0.4, -0.2) is 27.5 Å². The van der Waals surface area contributed by atoms with Crippen molar-refractivity contribution in [1.29, 1.82) is 0 Å². The lowest BCUT2D eigenvalue weighted by atomic mass is 10.0. The molecule has 2 aromatic rings. The van der Waals surface area contributed by atoms with Gasteiger partial charge in [0.1, 0.15) is 5.82 Å². The number of H-pyrrole nitrogens is 1. The van der Waals surface area contributed by atoms with Crippen molar-refractivity contribution < 1.29 is 0 Å². The molecule has 0 saturated carbocycles. The fourth-order valence-corrected chi connectivity index (χ4v) is 3.35. The second-order valence-electron chi connectivity index (χ2n) is 6.09.